The number of urea groups is 1. The molecule has 0 spiro atoms. The van der Waals surface area contributed by atoms with Crippen LogP contribution in [-0.4, -0.2) is 29.2 Å². The Morgan fingerprint density at radius 3 is 2.46 bits per heavy atom. The fourth-order valence-corrected chi connectivity index (χ4v) is 2.82. The zero-order valence-electron chi connectivity index (χ0n) is 13.6. The Morgan fingerprint density at radius 1 is 1.08 bits per heavy atom. The van der Waals surface area contributed by atoms with Crippen LogP contribution >= 0.6 is 0 Å². The van der Waals surface area contributed by atoms with Gasteiger partial charge in [-0.05, 0) is 37.3 Å². The molecule has 2 aromatic carbocycles. The topological polar surface area (TPSA) is 66.5 Å². The lowest BCUT2D eigenvalue weighted by Gasteiger charge is -2.22. The standard InChI is InChI=1S/C18H13F3N2O3/c1-18(12-8-10(19)6-7-14(12)21)16(25)23(17(26)22-18)9-15(24)11-4-2-3-5-13(11)20/h2-8H,9H2,1H3,(H,22,26)/t18-/m0/s1. The second-order valence-electron chi connectivity index (χ2n) is 5.97. The van der Waals surface area contributed by atoms with Crippen LogP contribution in [0.3, 0.4) is 0 Å². The van der Waals surface area contributed by atoms with E-state index in [2.05, 4.69) is 5.32 Å². The molecule has 1 heterocycles. The number of hydrogen-bond acceptors (Lipinski definition) is 3. The molecule has 0 radical (unpaired) electrons. The number of Topliss-reactive ketones (excluding diaryl/α,β-unsaturated/α-hetero) is 1. The Kier molecular flexibility index (Phi) is 4.27. The quantitative estimate of drug-likeness (QED) is 0.672. The maximum Gasteiger partial charge on any atom is 0.325 e. The third-order valence-electron chi connectivity index (χ3n) is 4.22. The molecule has 0 unspecified atom stereocenters. The van der Waals surface area contributed by atoms with Gasteiger partial charge in [0, 0.05) is 5.56 Å². The van der Waals surface area contributed by atoms with E-state index >= 15 is 0 Å². The predicted molar refractivity (Wildman–Crippen MR) is 84.7 cm³/mol. The molecule has 0 bridgehead atoms. The third kappa shape index (κ3) is 2.83. The summed E-state index contributed by atoms with van der Waals surface area (Å²) in [6, 6.07) is 6.69. The van der Waals surface area contributed by atoms with Gasteiger partial charge in [0.05, 0.1) is 12.1 Å². The van der Waals surface area contributed by atoms with E-state index in [9.17, 15) is 27.6 Å². The van der Waals surface area contributed by atoms with Gasteiger partial charge in [-0.3, -0.25) is 14.5 Å². The molecule has 26 heavy (non-hydrogen) atoms. The lowest BCUT2D eigenvalue weighted by atomic mass is 9.91. The van der Waals surface area contributed by atoms with Crippen molar-refractivity contribution in [3.8, 4) is 0 Å². The molecule has 3 rings (SSSR count). The maximum atomic E-state index is 14.1. The number of ketones is 1. The van der Waals surface area contributed by atoms with E-state index in [1.54, 1.807) is 0 Å². The van der Waals surface area contributed by atoms with Crippen molar-refractivity contribution in [1.82, 2.24) is 10.2 Å². The third-order valence-corrected chi connectivity index (χ3v) is 4.22. The van der Waals surface area contributed by atoms with E-state index < -0.39 is 47.3 Å². The van der Waals surface area contributed by atoms with Gasteiger partial charge in [-0.15, -0.1) is 0 Å². The van der Waals surface area contributed by atoms with Gasteiger partial charge in [-0.1, -0.05) is 12.1 Å². The second-order valence-corrected chi connectivity index (χ2v) is 5.97. The molecule has 3 amide bonds. The highest BCUT2D eigenvalue weighted by atomic mass is 19.1. The van der Waals surface area contributed by atoms with Crippen molar-refractivity contribution in [3.05, 3.63) is 71.0 Å². The molecule has 0 aromatic heterocycles. The summed E-state index contributed by atoms with van der Waals surface area (Å²) >= 11 is 0. The fourth-order valence-electron chi connectivity index (χ4n) is 2.82. The number of halogens is 3. The number of carbonyl (C=O) groups excluding carboxylic acids is 3. The first-order chi connectivity index (χ1) is 12.2. The SMILES string of the molecule is C[C@@]1(c2cc(F)ccc2F)NC(=O)N(CC(=O)c2ccccc2F)C1=O. The van der Waals surface area contributed by atoms with Crippen LogP contribution in [0.25, 0.3) is 0 Å². The highest BCUT2D eigenvalue weighted by Crippen LogP contribution is 2.31. The molecule has 1 aliphatic rings. The van der Waals surface area contributed by atoms with Crippen LogP contribution in [0.5, 0.6) is 0 Å². The zero-order valence-corrected chi connectivity index (χ0v) is 13.6. The van der Waals surface area contributed by atoms with Crippen molar-refractivity contribution in [2.75, 3.05) is 6.54 Å². The van der Waals surface area contributed by atoms with Crippen LogP contribution < -0.4 is 5.32 Å². The highest BCUT2D eigenvalue weighted by Gasteiger charge is 2.50. The van der Waals surface area contributed by atoms with Crippen molar-refractivity contribution in [1.29, 1.82) is 0 Å². The summed E-state index contributed by atoms with van der Waals surface area (Å²) in [6.07, 6.45) is 0. The second kappa shape index (κ2) is 6.29. The number of nitrogens with one attached hydrogen (secondary N) is 1. The van der Waals surface area contributed by atoms with E-state index in [4.69, 9.17) is 0 Å². The minimum atomic E-state index is -1.88. The minimum absolute atomic E-state index is 0.279. The van der Waals surface area contributed by atoms with Gasteiger partial charge in [0.1, 0.15) is 23.0 Å². The minimum Gasteiger partial charge on any atom is -0.319 e. The van der Waals surface area contributed by atoms with Gasteiger partial charge in [0.2, 0.25) is 0 Å². The average molecular weight is 362 g/mol. The zero-order chi connectivity index (χ0) is 19.1. The number of amides is 3. The number of benzene rings is 2. The Bertz CT molecular complexity index is 932. The number of nitrogens with zero attached hydrogens (tertiary/aromatic N) is 1. The van der Waals surface area contributed by atoms with Gasteiger partial charge in [-0.2, -0.15) is 0 Å². The van der Waals surface area contributed by atoms with Gasteiger partial charge in [0.25, 0.3) is 5.91 Å². The first-order valence-electron chi connectivity index (χ1n) is 7.61. The molecule has 1 N–H and O–H groups in total. The summed E-state index contributed by atoms with van der Waals surface area (Å²) in [5, 5.41) is 2.27. The van der Waals surface area contributed by atoms with Crippen LogP contribution in [0, 0.1) is 17.5 Å². The van der Waals surface area contributed by atoms with E-state index in [-0.39, 0.29) is 11.1 Å². The summed E-state index contributed by atoms with van der Waals surface area (Å²) < 4.78 is 41.2. The first kappa shape index (κ1) is 17.7. The maximum absolute atomic E-state index is 14.1. The van der Waals surface area contributed by atoms with Crippen molar-refractivity contribution in [2.45, 2.75) is 12.5 Å². The first-order valence-corrected chi connectivity index (χ1v) is 7.61. The van der Waals surface area contributed by atoms with Crippen LogP contribution in [-0.2, 0) is 10.3 Å². The Labute approximate surface area is 146 Å². The van der Waals surface area contributed by atoms with Crippen molar-refractivity contribution in [2.24, 2.45) is 0 Å². The van der Waals surface area contributed by atoms with E-state index in [0.29, 0.717) is 4.90 Å². The Morgan fingerprint density at radius 2 is 1.77 bits per heavy atom. The number of hydrogen-bond donors (Lipinski definition) is 1. The van der Waals surface area contributed by atoms with Gasteiger partial charge in [0.15, 0.2) is 5.78 Å². The summed E-state index contributed by atoms with van der Waals surface area (Å²) in [7, 11) is 0. The van der Waals surface area contributed by atoms with E-state index in [1.807, 2.05) is 0 Å². The van der Waals surface area contributed by atoms with Crippen LogP contribution in [0.15, 0.2) is 42.5 Å². The smallest absolute Gasteiger partial charge is 0.319 e. The van der Waals surface area contributed by atoms with Crippen molar-refractivity contribution >= 4 is 17.7 Å². The van der Waals surface area contributed by atoms with Gasteiger partial charge < -0.3 is 5.32 Å². The Balaban J connectivity index is 1.91. The fraction of sp³-hybridized carbons (Fsp3) is 0.167. The highest BCUT2D eigenvalue weighted by molar-refractivity contribution is 6.11. The largest absolute Gasteiger partial charge is 0.325 e. The normalized spacial score (nSPS) is 19.6. The van der Waals surface area contributed by atoms with E-state index in [1.165, 1.54) is 25.1 Å². The van der Waals surface area contributed by atoms with Gasteiger partial charge in [-0.25, -0.2) is 18.0 Å². The molecule has 0 saturated carbocycles. The van der Waals surface area contributed by atoms with Crippen LogP contribution in [0.1, 0.15) is 22.8 Å². The molecule has 1 saturated heterocycles. The van der Waals surface area contributed by atoms with Gasteiger partial charge >= 0.3 is 6.03 Å². The monoisotopic (exact) mass is 362 g/mol. The molecule has 8 heteroatoms. The summed E-state index contributed by atoms with van der Waals surface area (Å²) in [5.74, 6) is -4.19. The van der Waals surface area contributed by atoms with Crippen LogP contribution in [0.4, 0.5) is 18.0 Å². The lowest BCUT2D eigenvalue weighted by Crippen LogP contribution is -2.42. The summed E-state index contributed by atoms with van der Waals surface area (Å²) in [6.45, 7) is 0.483. The molecule has 5 nitrogen and oxygen atoms in total. The molecule has 1 aliphatic heterocycles. The molecular formula is C18H13F3N2O3. The number of imide groups is 1. The molecule has 1 atom stereocenters. The van der Waals surface area contributed by atoms with E-state index in [0.717, 1.165) is 24.3 Å². The number of rotatable bonds is 4. The van der Waals surface area contributed by atoms with Crippen molar-refractivity contribution < 1.29 is 27.6 Å². The van der Waals surface area contributed by atoms with Crippen molar-refractivity contribution in [3.63, 3.8) is 0 Å². The predicted octanol–water partition coefficient (Wildman–Crippen LogP) is 2.75. The molecule has 0 aliphatic carbocycles. The number of carbonyl (C=O) groups is 3. The van der Waals surface area contributed by atoms with Crippen LogP contribution in [0.2, 0.25) is 0 Å². The molecular weight excluding hydrogens is 349 g/mol. The molecule has 2 aromatic rings. The summed E-state index contributed by atoms with van der Waals surface area (Å²) in [4.78, 5) is 37.6. The Hall–Kier alpha value is -3.16. The lowest BCUT2D eigenvalue weighted by molar-refractivity contribution is -0.130. The average Bonchev–Trinajstić information content (AvgIpc) is 2.81. The summed E-state index contributed by atoms with van der Waals surface area (Å²) in [5.41, 5.74) is -2.52. The molecule has 134 valence electrons. The molecule has 1 fully saturated rings.